The van der Waals surface area contributed by atoms with Gasteiger partial charge in [0.2, 0.25) is 0 Å². The van der Waals surface area contributed by atoms with Gasteiger partial charge in [-0.05, 0) is 42.8 Å². The van der Waals surface area contributed by atoms with E-state index in [0.29, 0.717) is 22.7 Å². The molecule has 9 heteroatoms. The van der Waals surface area contributed by atoms with Gasteiger partial charge in [0.25, 0.3) is 0 Å². The Morgan fingerprint density at radius 1 is 1.15 bits per heavy atom. The number of carbonyl (C=O) groups excluding carboxylic acids is 2. The van der Waals surface area contributed by atoms with Gasteiger partial charge in [-0.2, -0.15) is 5.10 Å². The number of methoxy groups -OCH3 is 1. The zero-order chi connectivity index (χ0) is 19.6. The molecular weight excluding hydrogens is 352 g/mol. The Bertz CT molecular complexity index is 821. The number of hydrazone groups is 1. The highest BCUT2D eigenvalue weighted by molar-refractivity contribution is 5.82. The Hall–Kier alpha value is -3.75. The number of anilines is 1. The Kier molecular flexibility index (Phi) is 7.00. The molecule has 0 spiro atoms. The molecular formula is C18H20N4O5. The molecule has 2 rings (SSSR count). The molecule has 2 aromatic carbocycles. The second-order valence-electron chi connectivity index (χ2n) is 5.38. The summed E-state index contributed by atoms with van der Waals surface area (Å²) in [6.45, 7) is 1.65. The average Bonchev–Trinajstić information content (AvgIpc) is 2.66. The number of aryl methyl sites for hydroxylation is 1. The van der Waals surface area contributed by atoms with Crippen molar-refractivity contribution in [2.45, 2.75) is 6.92 Å². The summed E-state index contributed by atoms with van der Waals surface area (Å²) < 4.78 is 10.6. The molecule has 2 aromatic rings. The molecule has 0 fully saturated rings. The van der Waals surface area contributed by atoms with Crippen LogP contribution in [0.5, 0.6) is 11.5 Å². The van der Waals surface area contributed by atoms with Crippen LogP contribution in [-0.4, -0.2) is 31.9 Å². The first-order valence-electron chi connectivity index (χ1n) is 7.89. The summed E-state index contributed by atoms with van der Waals surface area (Å²) in [4.78, 5) is 27.3. The van der Waals surface area contributed by atoms with Gasteiger partial charge in [-0.3, -0.25) is 0 Å². The third kappa shape index (κ3) is 6.58. The Labute approximate surface area is 156 Å². The number of ether oxygens (including phenoxy) is 2. The number of hydrogen-bond donors (Lipinski definition) is 3. The fourth-order valence-corrected chi connectivity index (χ4v) is 1.96. The van der Waals surface area contributed by atoms with Crippen LogP contribution in [0.2, 0.25) is 0 Å². The fraction of sp³-hybridized carbons (Fsp3) is 0.167. The molecule has 0 atom stereocenters. The summed E-state index contributed by atoms with van der Waals surface area (Å²) in [6.07, 6.45) is 1.39. The third-order valence-corrected chi connectivity index (χ3v) is 3.26. The number of nitrogens with two attached hydrogens (primary N) is 1. The molecule has 4 N–H and O–H groups in total. The number of nitrogens with one attached hydrogen (secondary N) is 2. The van der Waals surface area contributed by atoms with Crippen LogP contribution in [0.25, 0.3) is 0 Å². The zero-order valence-corrected chi connectivity index (χ0v) is 14.9. The fourth-order valence-electron chi connectivity index (χ4n) is 1.96. The summed E-state index contributed by atoms with van der Waals surface area (Å²) >= 11 is 0. The molecule has 142 valence electrons. The summed E-state index contributed by atoms with van der Waals surface area (Å²) in [5.41, 5.74) is 11.9. The topological polar surface area (TPSA) is 124 Å². The van der Waals surface area contributed by atoms with Crippen molar-refractivity contribution < 1.29 is 23.9 Å². The highest BCUT2D eigenvalue weighted by Gasteiger charge is 2.10. The molecule has 0 aliphatic heterocycles. The van der Waals surface area contributed by atoms with Gasteiger partial charge in [-0.25, -0.2) is 20.5 Å². The molecule has 0 aliphatic carbocycles. The number of rotatable bonds is 8. The van der Waals surface area contributed by atoms with E-state index in [4.69, 9.17) is 20.0 Å². The van der Waals surface area contributed by atoms with Crippen LogP contribution in [0.3, 0.4) is 0 Å². The maximum atomic E-state index is 11.8. The lowest BCUT2D eigenvalue weighted by molar-refractivity contribution is -0.143. The first-order valence-corrected chi connectivity index (χ1v) is 7.89. The van der Waals surface area contributed by atoms with Crippen molar-refractivity contribution in [3.05, 3.63) is 53.6 Å². The van der Waals surface area contributed by atoms with E-state index in [1.165, 1.54) is 13.3 Å². The van der Waals surface area contributed by atoms with Crippen molar-refractivity contribution in [1.82, 2.24) is 5.43 Å². The lowest BCUT2D eigenvalue weighted by Gasteiger charge is -2.11. The van der Waals surface area contributed by atoms with Gasteiger partial charge in [-0.15, -0.1) is 0 Å². The van der Waals surface area contributed by atoms with E-state index >= 15 is 0 Å². The van der Waals surface area contributed by atoms with Crippen LogP contribution in [0.1, 0.15) is 11.1 Å². The van der Waals surface area contributed by atoms with E-state index in [2.05, 4.69) is 16.0 Å². The molecule has 0 aromatic heterocycles. The van der Waals surface area contributed by atoms with Crippen molar-refractivity contribution in [3.8, 4) is 11.5 Å². The number of amides is 2. The largest absolute Gasteiger partial charge is 0.493 e. The molecule has 0 aliphatic rings. The molecule has 0 unspecified atom stereocenters. The second-order valence-corrected chi connectivity index (χ2v) is 5.38. The first-order chi connectivity index (χ1) is 13.0. The van der Waals surface area contributed by atoms with Crippen LogP contribution >= 0.6 is 0 Å². The van der Waals surface area contributed by atoms with Gasteiger partial charge in [0.05, 0.1) is 19.0 Å². The van der Waals surface area contributed by atoms with Crippen LogP contribution in [-0.2, 0) is 9.63 Å². The van der Waals surface area contributed by atoms with Gasteiger partial charge in [0, 0.05) is 0 Å². The van der Waals surface area contributed by atoms with Crippen molar-refractivity contribution in [1.29, 1.82) is 0 Å². The van der Waals surface area contributed by atoms with Gasteiger partial charge in [0.1, 0.15) is 0 Å². The smallest absolute Gasteiger partial charge is 0.369 e. The number of urea groups is 1. The number of carbonyl (C=O) groups is 2. The molecule has 0 radical (unpaired) electrons. The van der Waals surface area contributed by atoms with Crippen molar-refractivity contribution >= 4 is 23.9 Å². The Morgan fingerprint density at radius 3 is 2.56 bits per heavy atom. The van der Waals surface area contributed by atoms with E-state index < -0.39 is 12.0 Å². The van der Waals surface area contributed by atoms with Gasteiger partial charge < -0.3 is 20.0 Å². The van der Waals surface area contributed by atoms with Crippen LogP contribution < -0.4 is 26.1 Å². The highest BCUT2D eigenvalue weighted by atomic mass is 16.7. The molecule has 0 saturated heterocycles. The second kappa shape index (κ2) is 9.66. The average molecular weight is 372 g/mol. The quantitative estimate of drug-likeness (QED) is 0.481. The summed E-state index contributed by atoms with van der Waals surface area (Å²) in [6, 6.07) is 11.5. The van der Waals surface area contributed by atoms with Crippen molar-refractivity contribution in [2.75, 3.05) is 19.2 Å². The maximum absolute atomic E-state index is 11.8. The maximum Gasteiger partial charge on any atom is 0.369 e. The molecule has 9 nitrogen and oxygen atoms in total. The molecule has 27 heavy (non-hydrogen) atoms. The van der Waals surface area contributed by atoms with Gasteiger partial charge in [0.15, 0.2) is 18.1 Å². The van der Waals surface area contributed by atoms with Crippen LogP contribution in [0.15, 0.2) is 47.6 Å². The van der Waals surface area contributed by atoms with Crippen LogP contribution in [0.4, 0.5) is 10.5 Å². The summed E-state index contributed by atoms with van der Waals surface area (Å²) in [5, 5.41) is 3.65. The normalized spacial score (nSPS) is 10.3. The predicted octanol–water partition coefficient (Wildman–Crippen LogP) is 1.95. The lowest BCUT2D eigenvalue weighted by atomic mass is 10.2. The predicted molar refractivity (Wildman–Crippen MR) is 99.7 cm³/mol. The van der Waals surface area contributed by atoms with E-state index in [1.807, 2.05) is 19.1 Å². The number of benzene rings is 2. The van der Waals surface area contributed by atoms with Gasteiger partial charge in [-0.1, -0.05) is 17.7 Å². The minimum atomic E-state index is -0.768. The number of nitrogens with zero attached hydrogens (tertiary/aromatic N) is 1. The molecule has 0 heterocycles. The number of primary amides is 1. The summed E-state index contributed by atoms with van der Waals surface area (Å²) in [5.74, 6) is 0.135. The van der Waals surface area contributed by atoms with Crippen molar-refractivity contribution in [3.63, 3.8) is 0 Å². The number of hydrogen-bond acceptors (Lipinski definition) is 7. The molecule has 0 bridgehead atoms. The van der Waals surface area contributed by atoms with E-state index in [9.17, 15) is 9.59 Å². The third-order valence-electron chi connectivity index (χ3n) is 3.26. The standard InChI is InChI=1S/C18H20N4O5/c1-12-3-6-14(7-4-12)22-27-17(23)11-26-15-8-5-13(9-16(15)25-2)10-20-21-18(19)24/h3-10,22H,11H2,1-2H3,(H3,19,21,24). The first kappa shape index (κ1) is 19.6. The van der Waals surface area contributed by atoms with E-state index in [1.54, 1.807) is 30.3 Å². The molecule has 0 saturated carbocycles. The highest BCUT2D eigenvalue weighted by Crippen LogP contribution is 2.27. The Balaban J connectivity index is 1.88. The summed E-state index contributed by atoms with van der Waals surface area (Å²) in [7, 11) is 1.46. The minimum Gasteiger partial charge on any atom is -0.493 e. The van der Waals surface area contributed by atoms with Crippen LogP contribution in [0, 0.1) is 6.92 Å². The van der Waals surface area contributed by atoms with Crippen molar-refractivity contribution in [2.24, 2.45) is 10.8 Å². The monoisotopic (exact) mass is 372 g/mol. The van der Waals surface area contributed by atoms with E-state index in [-0.39, 0.29) is 6.61 Å². The van der Waals surface area contributed by atoms with Gasteiger partial charge >= 0.3 is 12.0 Å². The Morgan fingerprint density at radius 2 is 1.89 bits per heavy atom. The van der Waals surface area contributed by atoms with E-state index in [0.717, 1.165) is 5.56 Å². The SMILES string of the molecule is COc1cc(C=NNC(N)=O)ccc1OCC(=O)ONc1ccc(C)cc1. The molecule has 2 amide bonds. The zero-order valence-electron chi connectivity index (χ0n) is 14.9. The lowest BCUT2D eigenvalue weighted by Crippen LogP contribution is -2.24. The minimum absolute atomic E-state index is 0.314.